The number of carboxylic acid groups (broad SMARTS) is 1. The number of hydrogen-bond donors (Lipinski definition) is 2. The molecule has 6 heteroatoms. The molecule has 1 aromatic rings. The Morgan fingerprint density at radius 2 is 1.70 bits per heavy atom. The van der Waals surface area contributed by atoms with Crippen molar-refractivity contribution in [1.29, 1.82) is 0 Å². The molecule has 3 atom stereocenters. The number of anilines is 1. The Balaban J connectivity index is 2.78. The van der Waals surface area contributed by atoms with Gasteiger partial charge < -0.3 is 10.4 Å². The van der Waals surface area contributed by atoms with Crippen molar-refractivity contribution in [3.63, 3.8) is 0 Å². The molecule has 0 aromatic heterocycles. The van der Waals surface area contributed by atoms with Gasteiger partial charge in [-0.1, -0.05) is 32.0 Å². The van der Waals surface area contributed by atoms with E-state index in [9.17, 15) is 13.8 Å². The van der Waals surface area contributed by atoms with Crippen LogP contribution in [0.3, 0.4) is 0 Å². The summed E-state index contributed by atoms with van der Waals surface area (Å²) in [6.45, 7) is 4.84. The Morgan fingerprint density at radius 1 is 1.15 bits per heavy atom. The van der Waals surface area contributed by atoms with Gasteiger partial charge in [-0.05, 0) is 25.0 Å². The molecule has 0 aliphatic heterocycles. The average Bonchev–Trinajstić information content (AvgIpc) is 2.37. The number of rotatable bonds is 6. The highest BCUT2D eigenvalue weighted by molar-refractivity contribution is 7.87. The standard InChI is InChI=1S/C14H19NO4S/c1-9(2)12(14(17)18)20(19)10(3)13(16)15-11-7-5-4-6-8-11/h4-10,12H,1-3H3,(H,15,16)(H,17,18). The molecule has 0 heterocycles. The summed E-state index contributed by atoms with van der Waals surface area (Å²) in [6, 6.07) is 8.78. The third-order valence-electron chi connectivity index (χ3n) is 2.86. The van der Waals surface area contributed by atoms with Gasteiger partial charge in [-0.15, -0.1) is 0 Å². The molecule has 0 saturated heterocycles. The lowest BCUT2D eigenvalue weighted by Crippen LogP contribution is -2.40. The van der Waals surface area contributed by atoms with Crippen molar-refractivity contribution in [2.24, 2.45) is 5.92 Å². The van der Waals surface area contributed by atoms with E-state index in [1.807, 2.05) is 6.07 Å². The molecular formula is C14H19NO4S. The normalized spacial score (nSPS) is 15.4. The molecular weight excluding hydrogens is 278 g/mol. The van der Waals surface area contributed by atoms with E-state index < -0.39 is 33.2 Å². The van der Waals surface area contributed by atoms with Crippen molar-refractivity contribution < 1.29 is 18.9 Å². The van der Waals surface area contributed by atoms with Crippen LogP contribution in [0.2, 0.25) is 0 Å². The first-order valence-electron chi connectivity index (χ1n) is 6.32. The fourth-order valence-electron chi connectivity index (χ4n) is 1.74. The first-order chi connectivity index (χ1) is 9.34. The Morgan fingerprint density at radius 3 is 2.15 bits per heavy atom. The summed E-state index contributed by atoms with van der Waals surface area (Å²) >= 11 is 0. The summed E-state index contributed by atoms with van der Waals surface area (Å²) in [7, 11) is -1.78. The molecule has 0 fully saturated rings. The number of aliphatic carboxylic acids is 1. The minimum atomic E-state index is -1.78. The zero-order valence-corrected chi connectivity index (χ0v) is 12.5. The average molecular weight is 297 g/mol. The minimum Gasteiger partial charge on any atom is -0.480 e. The van der Waals surface area contributed by atoms with Crippen molar-refractivity contribution in [2.75, 3.05) is 5.32 Å². The second-order valence-electron chi connectivity index (χ2n) is 4.83. The van der Waals surface area contributed by atoms with Gasteiger partial charge in [0.15, 0.2) is 0 Å². The van der Waals surface area contributed by atoms with Gasteiger partial charge in [0.05, 0.1) is 0 Å². The minimum absolute atomic E-state index is 0.305. The van der Waals surface area contributed by atoms with Crippen LogP contribution in [0, 0.1) is 5.92 Å². The molecule has 0 bridgehead atoms. The maximum atomic E-state index is 12.2. The molecule has 1 rings (SSSR count). The van der Waals surface area contributed by atoms with Gasteiger partial charge in [-0.3, -0.25) is 13.8 Å². The molecule has 5 nitrogen and oxygen atoms in total. The summed E-state index contributed by atoms with van der Waals surface area (Å²) < 4.78 is 12.2. The molecule has 110 valence electrons. The Labute approximate surface area is 120 Å². The van der Waals surface area contributed by atoms with Gasteiger partial charge in [-0.25, -0.2) is 0 Å². The van der Waals surface area contributed by atoms with Gasteiger partial charge in [0, 0.05) is 16.5 Å². The number of benzene rings is 1. The molecule has 0 aliphatic rings. The van der Waals surface area contributed by atoms with Gasteiger partial charge in [0.25, 0.3) is 0 Å². The largest absolute Gasteiger partial charge is 0.480 e. The van der Waals surface area contributed by atoms with Crippen LogP contribution >= 0.6 is 0 Å². The van der Waals surface area contributed by atoms with Crippen LogP contribution in [0.1, 0.15) is 20.8 Å². The monoisotopic (exact) mass is 297 g/mol. The van der Waals surface area contributed by atoms with Gasteiger partial charge in [0.1, 0.15) is 10.5 Å². The van der Waals surface area contributed by atoms with Gasteiger partial charge in [0.2, 0.25) is 5.91 Å². The number of carboxylic acids is 1. The second-order valence-corrected chi connectivity index (χ2v) is 6.70. The molecule has 0 radical (unpaired) electrons. The van der Waals surface area contributed by atoms with E-state index in [4.69, 9.17) is 5.11 Å². The van der Waals surface area contributed by atoms with Crippen LogP contribution in [-0.4, -0.2) is 31.7 Å². The topological polar surface area (TPSA) is 83.5 Å². The van der Waals surface area contributed by atoms with Crippen molar-refractivity contribution in [2.45, 2.75) is 31.3 Å². The maximum absolute atomic E-state index is 12.2. The molecule has 1 aromatic carbocycles. The van der Waals surface area contributed by atoms with Crippen molar-refractivity contribution >= 4 is 28.4 Å². The summed E-state index contributed by atoms with van der Waals surface area (Å²) in [4.78, 5) is 23.1. The molecule has 3 unspecified atom stereocenters. The van der Waals surface area contributed by atoms with E-state index >= 15 is 0 Å². The first kappa shape index (κ1) is 16.4. The smallest absolute Gasteiger partial charge is 0.319 e. The van der Waals surface area contributed by atoms with Crippen LogP contribution in [0.15, 0.2) is 30.3 Å². The number of carbonyl (C=O) groups is 2. The van der Waals surface area contributed by atoms with E-state index in [0.717, 1.165) is 0 Å². The number of nitrogens with one attached hydrogen (secondary N) is 1. The Hall–Kier alpha value is -1.69. The molecule has 2 N–H and O–H groups in total. The van der Waals surface area contributed by atoms with Crippen LogP contribution in [0.4, 0.5) is 5.69 Å². The summed E-state index contributed by atoms with van der Waals surface area (Å²) in [6.07, 6.45) is 0. The van der Waals surface area contributed by atoms with Gasteiger partial charge in [-0.2, -0.15) is 0 Å². The number of para-hydroxylation sites is 1. The molecule has 0 saturated carbocycles. The fraction of sp³-hybridized carbons (Fsp3) is 0.429. The Bertz CT molecular complexity index is 501. The fourth-order valence-corrected chi connectivity index (χ4v) is 3.19. The van der Waals surface area contributed by atoms with Crippen LogP contribution in [-0.2, 0) is 20.4 Å². The van der Waals surface area contributed by atoms with Crippen LogP contribution in [0.5, 0.6) is 0 Å². The number of amides is 1. The van der Waals surface area contributed by atoms with E-state index in [1.165, 1.54) is 6.92 Å². The van der Waals surface area contributed by atoms with Crippen LogP contribution < -0.4 is 5.32 Å². The summed E-state index contributed by atoms with van der Waals surface area (Å²) in [5.41, 5.74) is 0.595. The van der Waals surface area contributed by atoms with Crippen LogP contribution in [0.25, 0.3) is 0 Å². The van der Waals surface area contributed by atoms with E-state index in [-0.39, 0.29) is 5.92 Å². The molecule has 0 spiro atoms. The maximum Gasteiger partial charge on any atom is 0.319 e. The number of hydrogen-bond acceptors (Lipinski definition) is 3. The Kier molecular flexibility index (Phi) is 5.88. The molecule has 20 heavy (non-hydrogen) atoms. The lowest BCUT2D eigenvalue weighted by molar-refractivity contribution is -0.137. The highest BCUT2D eigenvalue weighted by Crippen LogP contribution is 2.16. The SMILES string of the molecule is CC(C)C(C(=O)O)S(=O)C(C)C(=O)Nc1ccccc1. The van der Waals surface area contributed by atoms with E-state index in [0.29, 0.717) is 5.69 Å². The lowest BCUT2D eigenvalue weighted by Gasteiger charge is -2.20. The highest BCUT2D eigenvalue weighted by Gasteiger charge is 2.34. The summed E-state index contributed by atoms with van der Waals surface area (Å²) in [5.74, 6) is -1.89. The van der Waals surface area contributed by atoms with Gasteiger partial charge >= 0.3 is 5.97 Å². The highest BCUT2D eigenvalue weighted by atomic mass is 32.2. The summed E-state index contributed by atoms with van der Waals surface area (Å²) in [5, 5.41) is 9.80. The zero-order valence-electron chi connectivity index (χ0n) is 11.7. The third-order valence-corrected chi connectivity index (χ3v) is 5.02. The van der Waals surface area contributed by atoms with E-state index in [2.05, 4.69) is 5.32 Å². The molecule has 1 amide bonds. The van der Waals surface area contributed by atoms with Crippen molar-refractivity contribution in [3.05, 3.63) is 30.3 Å². The van der Waals surface area contributed by atoms with Crippen molar-refractivity contribution in [3.8, 4) is 0 Å². The van der Waals surface area contributed by atoms with Crippen molar-refractivity contribution in [1.82, 2.24) is 0 Å². The lowest BCUT2D eigenvalue weighted by atomic mass is 10.1. The first-order valence-corrected chi connectivity index (χ1v) is 7.60. The molecule has 0 aliphatic carbocycles. The quantitative estimate of drug-likeness (QED) is 0.839. The number of carbonyl (C=O) groups excluding carboxylic acids is 1. The second kappa shape index (κ2) is 7.19. The van der Waals surface area contributed by atoms with E-state index in [1.54, 1.807) is 38.1 Å². The zero-order chi connectivity index (χ0) is 15.3. The predicted molar refractivity (Wildman–Crippen MR) is 78.9 cm³/mol. The predicted octanol–water partition coefficient (Wildman–Crippen LogP) is 1.87. The third kappa shape index (κ3) is 4.16.